The molecule has 3 rings (SSSR count). The maximum Gasteiger partial charge on any atom is 0.142 e. The summed E-state index contributed by atoms with van der Waals surface area (Å²) in [4.78, 5) is 0. The molecule has 2 aliphatic rings. The van der Waals surface area contributed by atoms with E-state index < -0.39 is 11.6 Å². The van der Waals surface area contributed by atoms with E-state index in [4.69, 9.17) is 0 Å². The minimum absolute atomic E-state index is 0.0357. The second kappa shape index (κ2) is 11.1. The number of aryl methyl sites for hydroxylation is 1. The zero-order chi connectivity index (χ0) is 20.6. The molecule has 0 atom stereocenters. The summed E-state index contributed by atoms with van der Waals surface area (Å²) < 4.78 is 29.1. The number of rotatable bonds is 6. The summed E-state index contributed by atoms with van der Waals surface area (Å²) in [6.45, 7) is 4.50. The highest BCUT2D eigenvalue weighted by atomic mass is 19.1. The molecule has 0 nitrogen and oxygen atoms in total. The lowest BCUT2D eigenvalue weighted by Gasteiger charge is -2.28. The van der Waals surface area contributed by atoms with Crippen molar-refractivity contribution in [3.63, 3.8) is 0 Å². The lowest BCUT2D eigenvalue weighted by atomic mass is 9.78. The highest BCUT2D eigenvalue weighted by molar-refractivity contribution is 5.39. The lowest BCUT2D eigenvalue weighted by Crippen LogP contribution is -2.15. The molecule has 0 unspecified atom stereocenters. The van der Waals surface area contributed by atoms with Gasteiger partial charge in [0.1, 0.15) is 11.6 Å². The quantitative estimate of drug-likeness (QED) is 0.423. The van der Waals surface area contributed by atoms with Gasteiger partial charge in [-0.1, -0.05) is 70.6 Å². The van der Waals surface area contributed by atoms with E-state index in [-0.39, 0.29) is 5.56 Å². The van der Waals surface area contributed by atoms with Gasteiger partial charge in [-0.15, -0.1) is 0 Å². The van der Waals surface area contributed by atoms with Gasteiger partial charge in [0.05, 0.1) is 5.56 Å². The molecule has 0 spiro atoms. The minimum Gasteiger partial charge on any atom is -0.206 e. The van der Waals surface area contributed by atoms with Gasteiger partial charge in [-0.05, 0) is 74.0 Å². The summed E-state index contributed by atoms with van der Waals surface area (Å²) in [5.74, 6) is 7.73. The predicted molar refractivity (Wildman–Crippen MR) is 118 cm³/mol. The topological polar surface area (TPSA) is 0 Å². The Morgan fingerprint density at radius 1 is 0.793 bits per heavy atom. The first-order valence-corrected chi connectivity index (χ1v) is 12.1. The van der Waals surface area contributed by atoms with Crippen molar-refractivity contribution in [2.75, 3.05) is 0 Å². The molecule has 0 amide bonds. The van der Waals surface area contributed by atoms with Crippen LogP contribution in [0.25, 0.3) is 0 Å². The second-order valence-electron chi connectivity index (χ2n) is 9.54. The first-order chi connectivity index (χ1) is 14.1. The van der Waals surface area contributed by atoms with Gasteiger partial charge in [-0.3, -0.25) is 0 Å². The molecule has 160 valence electrons. The van der Waals surface area contributed by atoms with Crippen LogP contribution in [-0.2, 0) is 6.42 Å². The average molecular weight is 401 g/mol. The number of hydrogen-bond donors (Lipinski definition) is 0. The second-order valence-corrected chi connectivity index (χ2v) is 9.54. The summed E-state index contributed by atoms with van der Waals surface area (Å²) >= 11 is 0. The van der Waals surface area contributed by atoms with Crippen LogP contribution >= 0.6 is 0 Å². The molecule has 2 aliphatic carbocycles. The predicted octanol–water partition coefficient (Wildman–Crippen LogP) is 8.07. The lowest BCUT2D eigenvalue weighted by molar-refractivity contribution is 0.252. The first-order valence-electron chi connectivity index (χ1n) is 12.1. The van der Waals surface area contributed by atoms with Crippen LogP contribution in [0.4, 0.5) is 8.78 Å². The van der Waals surface area contributed by atoms with Crippen molar-refractivity contribution < 1.29 is 8.78 Å². The minimum atomic E-state index is -0.485. The maximum atomic E-state index is 14.5. The molecule has 29 heavy (non-hydrogen) atoms. The Bertz CT molecular complexity index is 672. The third-order valence-electron chi connectivity index (χ3n) is 7.43. The summed E-state index contributed by atoms with van der Waals surface area (Å²) in [6, 6.07) is 3.04. The highest BCUT2D eigenvalue weighted by Gasteiger charge is 2.21. The summed E-state index contributed by atoms with van der Waals surface area (Å²) in [5, 5.41) is 0. The molecule has 0 heterocycles. The standard InChI is InChI=1S/C27H38F2/c1-3-5-21-10-12-22(13-11-21)14-15-24-18-26(28)25(27(29)19-24)17-16-23-8-6-20(4-2)7-9-23/h18-23H,3-15H2,1-2H3/t20?,21-,22-,23?. The van der Waals surface area contributed by atoms with Crippen molar-refractivity contribution in [3.8, 4) is 11.8 Å². The fourth-order valence-electron chi connectivity index (χ4n) is 5.37. The van der Waals surface area contributed by atoms with Crippen molar-refractivity contribution in [1.82, 2.24) is 0 Å². The molecule has 0 aliphatic heterocycles. The molecular formula is C27H38F2. The van der Waals surface area contributed by atoms with Crippen molar-refractivity contribution in [2.45, 2.75) is 97.3 Å². The Hall–Kier alpha value is -1.36. The van der Waals surface area contributed by atoms with E-state index in [2.05, 4.69) is 25.7 Å². The van der Waals surface area contributed by atoms with Gasteiger partial charge in [-0.25, -0.2) is 8.78 Å². The van der Waals surface area contributed by atoms with Crippen molar-refractivity contribution in [2.24, 2.45) is 23.7 Å². The third-order valence-corrected chi connectivity index (χ3v) is 7.43. The van der Waals surface area contributed by atoms with Gasteiger partial charge in [0.2, 0.25) is 0 Å². The fourth-order valence-corrected chi connectivity index (χ4v) is 5.37. The summed E-state index contributed by atoms with van der Waals surface area (Å²) in [7, 11) is 0. The van der Waals surface area contributed by atoms with E-state index in [1.807, 2.05) is 0 Å². The molecule has 0 saturated heterocycles. The molecule has 1 aromatic carbocycles. The normalized spacial score (nSPS) is 27.3. The van der Waals surface area contributed by atoms with Gasteiger partial charge in [0.25, 0.3) is 0 Å². The van der Waals surface area contributed by atoms with Crippen molar-refractivity contribution in [1.29, 1.82) is 0 Å². The molecule has 0 bridgehead atoms. The van der Waals surface area contributed by atoms with Crippen LogP contribution in [0.3, 0.4) is 0 Å². The van der Waals surface area contributed by atoms with Crippen LogP contribution in [-0.4, -0.2) is 0 Å². The van der Waals surface area contributed by atoms with E-state index in [1.165, 1.54) is 69.9 Å². The monoisotopic (exact) mass is 400 g/mol. The Morgan fingerprint density at radius 2 is 1.34 bits per heavy atom. The van der Waals surface area contributed by atoms with Crippen LogP contribution in [0.5, 0.6) is 0 Å². The zero-order valence-electron chi connectivity index (χ0n) is 18.4. The molecular weight excluding hydrogens is 362 g/mol. The Morgan fingerprint density at radius 3 is 1.90 bits per heavy atom. The largest absolute Gasteiger partial charge is 0.206 e. The van der Waals surface area contributed by atoms with E-state index in [9.17, 15) is 8.78 Å². The number of halogens is 2. The van der Waals surface area contributed by atoms with Gasteiger partial charge in [0, 0.05) is 5.92 Å². The molecule has 2 saturated carbocycles. The SMILES string of the molecule is CCC[C@H]1CC[C@H](CCc2cc(F)c(C#CC3CCC(CC)CC3)c(F)c2)CC1. The van der Waals surface area contributed by atoms with Crippen LogP contribution < -0.4 is 0 Å². The average Bonchev–Trinajstić information content (AvgIpc) is 2.73. The molecule has 1 aromatic rings. The molecule has 0 N–H and O–H groups in total. The van der Waals surface area contributed by atoms with Crippen LogP contribution in [0, 0.1) is 47.1 Å². The zero-order valence-corrected chi connectivity index (χ0v) is 18.4. The Kier molecular flexibility index (Phi) is 8.58. The van der Waals surface area contributed by atoms with Crippen LogP contribution in [0.1, 0.15) is 102 Å². The fraction of sp³-hybridized carbons (Fsp3) is 0.704. The molecule has 2 fully saturated rings. The molecule has 2 heteroatoms. The summed E-state index contributed by atoms with van der Waals surface area (Å²) in [5.41, 5.74) is 0.746. The Labute approximate surface area is 176 Å². The van der Waals surface area contributed by atoms with Gasteiger partial charge >= 0.3 is 0 Å². The van der Waals surface area contributed by atoms with Crippen LogP contribution in [0.15, 0.2) is 12.1 Å². The molecule has 0 aromatic heterocycles. The van der Waals surface area contributed by atoms with Gasteiger partial charge in [-0.2, -0.15) is 0 Å². The van der Waals surface area contributed by atoms with Gasteiger partial charge in [0.15, 0.2) is 0 Å². The highest BCUT2D eigenvalue weighted by Crippen LogP contribution is 2.34. The van der Waals surface area contributed by atoms with E-state index in [0.29, 0.717) is 11.8 Å². The maximum absolute atomic E-state index is 14.5. The third kappa shape index (κ3) is 6.56. The van der Waals surface area contributed by atoms with Crippen LogP contribution in [0.2, 0.25) is 0 Å². The first kappa shape index (κ1) is 22.3. The number of hydrogen-bond acceptors (Lipinski definition) is 0. The van der Waals surface area contributed by atoms with E-state index in [0.717, 1.165) is 43.1 Å². The molecule has 0 radical (unpaired) electrons. The van der Waals surface area contributed by atoms with E-state index in [1.54, 1.807) is 0 Å². The van der Waals surface area contributed by atoms with Crippen molar-refractivity contribution >= 4 is 0 Å². The summed E-state index contributed by atoms with van der Waals surface area (Å²) in [6.07, 6.45) is 15.4. The Balaban J connectivity index is 1.53. The van der Waals surface area contributed by atoms with Gasteiger partial charge < -0.3 is 0 Å². The smallest absolute Gasteiger partial charge is 0.142 e. The van der Waals surface area contributed by atoms with Crippen molar-refractivity contribution in [3.05, 3.63) is 34.9 Å². The number of benzene rings is 1. The van der Waals surface area contributed by atoms with E-state index >= 15 is 0 Å².